The number of carboxylic acids is 1. The Labute approximate surface area is 143 Å². The molecule has 0 spiro atoms. The number of nitrogens with one attached hydrogen (secondary N) is 2. The van der Waals surface area contributed by atoms with E-state index in [9.17, 15) is 4.79 Å². The summed E-state index contributed by atoms with van der Waals surface area (Å²) in [5.41, 5.74) is 1.89. The molecule has 0 aliphatic heterocycles. The van der Waals surface area contributed by atoms with E-state index in [0.29, 0.717) is 11.6 Å². The molecule has 3 N–H and O–H groups in total. The molecule has 0 unspecified atom stereocenters. The first kappa shape index (κ1) is 14.9. The third-order valence-electron chi connectivity index (χ3n) is 3.90. The Kier molecular flexibility index (Phi) is 3.63. The molecule has 0 fully saturated rings. The molecule has 122 valence electrons. The molecular weight excluding hydrogens is 316 g/mol. The van der Waals surface area contributed by atoms with Crippen molar-refractivity contribution in [1.82, 2.24) is 15.2 Å². The van der Waals surface area contributed by atoms with Crippen LogP contribution >= 0.6 is 0 Å². The highest BCUT2D eigenvalue weighted by Gasteiger charge is 2.10. The molecule has 0 atom stereocenters. The minimum Gasteiger partial charge on any atom is -0.478 e. The summed E-state index contributed by atoms with van der Waals surface area (Å²) in [6.07, 6.45) is 1.73. The standard InChI is InChI=1S/C19H14N4O2/c24-19(25)13-7-5-12(6-8-13)18-15-4-2-1-3-14(15)11-17(22-18)21-16-9-10-20-23-16/h1-11H,(H,24,25)(H2,20,21,22,23). The Morgan fingerprint density at radius 2 is 1.80 bits per heavy atom. The summed E-state index contributed by atoms with van der Waals surface area (Å²) in [7, 11) is 0. The van der Waals surface area contributed by atoms with Crippen LogP contribution in [-0.2, 0) is 0 Å². The van der Waals surface area contributed by atoms with Gasteiger partial charge in [0.2, 0.25) is 0 Å². The molecule has 2 aromatic heterocycles. The zero-order chi connectivity index (χ0) is 17.2. The molecular formula is C19H14N4O2. The number of benzene rings is 2. The molecule has 4 aromatic rings. The van der Waals surface area contributed by atoms with Crippen LogP contribution in [0.25, 0.3) is 22.0 Å². The fourth-order valence-corrected chi connectivity index (χ4v) is 2.71. The lowest BCUT2D eigenvalue weighted by Crippen LogP contribution is -1.98. The highest BCUT2D eigenvalue weighted by molar-refractivity contribution is 5.97. The minimum atomic E-state index is -0.946. The second-order valence-electron chi connectivity index (χ2n) is 5.54. The van der Waals surface area contributed by atoms with E-state index in [1.807, 2.05) is 36.4 Å². The molecule has 0 saturated heterocycles. The van der Waals surface area contributed by atoms with E-state index in [0.717, 1.165) is 22.0 Å². The van der Waals surface area contributed by atoms with E-state index in [2.05, 4.69) is 15.5 Å². The lowest BCUT2D eigenvalue weighted by Gasteiger charge is -2.10. The van der Waals surface area contributed by atoms with Gasteiger partial charge in [0.15, 0.2) is 5.82 Å². The van der Waals surface area contributed by atoms with Crippen molar-refractivity contribution >= 4 is 28.4 Å². The number of rotatable bonds is 4. The molecule has 2 heterocycles. The highest BCUT2D eigenvalue weighted by Crippen LogP contribution is 2.30. The van der Waals surface area contributed by atoms with Crippen molar-refractivity contribution in [3.8, 4) is 11.3 Å². The van der Waals surface area contributed by atoms with Crippen LogP contribution in [0.5, 0.6) is 0 Å². The summed E-state index contributed by atoms with van der Waals surface area (Å²) in [6.45, 7) is 0. The molecule has 0 aliphatic rings. The highest BCUT2D eigenvalue weighted by atomic mass is 16.4. The van der Waals surface area contributed by atoms with Gasteiger partial charge in [-0.3, -0.25) is 5.10 Å². The lowest BCUT2D eigenvalue weighted by atomic mass is 10.0. The van der Waals surface area contributed by atoms with Gasteiger partial charge in [0.1, 0.15) is 5.82 Å². The molecule has 2 aromatic carbocycles. The molecule has 25 heavy (non-hydrogen) atoms. The first-order valence-electron chi connectivity index (χ1n) is 7.71. The number of fused-ring (bicyclic) bond motifs is 1. The van der Waals surface area contributed by atoms with Gasteiger partial charge in [-0.1, -0.05) is 36.4 Å². The number of aromatic carboxylic acids is 1. The molecule has 0 bridgehead atoms. The molecule has 4 rings (SSSR count). The zero-order valence-corrected chi connectivity index (χ0v) is 13.1. The maximum Gasteiger partial charge on any atom is 0.335 e. The van der Waals surface area contributed by atoms with Crippen LogP contribution < -0.4 is 5.32 Å². The van der Waals surface area contributed by atoms with Gasteiger partial charge >= 0.3 is 5.97 Å². The van der Waals surface area contributed by atoms with Crippen LogP contribution in [0.1, 0.15) is 10.4 Å². The normalized spacial score (nSPS) is 10.7. The minimum absolute atomic E-state index is 0.249. The first-order valence-corrected chi connectivity index (χ1v) is 7.71. The van der Waals surface area contributed by atoms with E-state index in [1.165, 1.54) is 0 Å². The predicted molar refractivity (Wildman–Crippen MR) is 96.0 cm³/mol. The number of nitrogens with zero attached hydrogens (tertiary/aromatic N) is 2. The van der Waals surface area contributed by atoms with Crippen LogP contribution in [0.15, 0.2) is 66.9 Å². The summed E-state index contributed by atoms with van der Waals surface area (Å²) in [5, 5.41) is 21.1. The largest absolute Gasteiger partial charge is 0.478 e. The van der Waals surface area contributed by atoms with E-state index in [1.54, 1.807) is 30.5 Å². The fraction of sp³-hybridized carbons (Fsp3) is 0. The van der Waals surface area contributed by atoms with Gasteiger partial charge in [-0.2, -0.15) is 5.10 Å². The molecule has 6 nitrogen and oxygen atoms in total. The lowest BCUT2D eigenvalue weighted by molar-refractivity contribution is 0.0697. The molecule has 0 radical (unpaired) electrons. The van der Waals surface area contributed by atoms with Crippen LogP contribution in [0.4, 0.5) is 11.6 Å². The number of H-pyrrole nitrogens is 1. The molecule has 6 heteroatoms. The van der Waals surface area contributed by atoms with Gasteiger partial charge in [-0.25, -0.2) is 9.78 Å². The summed E-state index contributed by atoms with van der Waals surface area (Å²) in [6, 6.07) is 18.4. The van der Waals surface area contributed by atoms with E-state index < -0.39 is 5.97 Å². The van der Waals surface area contributed by atoms with Crippen molar-refractivity contribution in [2.24, 2.45) is 0 Å². The van der Waals surface area contributed by atoms with Crippen LogP contribution in [0.3, 0.4) is 0 Å². The number of pyridine rings is 1. The van der Waals surface area contributed by atoms with Gasteiger partial charge in [-0.15, -0.1) is 0 Å². The smallest absolute Gasteiger partial charge is 0.335 e. The van der Waals surface area contributed by atoms with Crippen LogP contribution in [0.2, 0.25) is 0 Å². The average Bonchev–Trinajstić information content (AvgIpc) is 3.14. The second-order valence-corrected chi connectivity index (χ2v) is 5.54. The van der Waals surface area contributed by atoms with Crippen molar-refractivity contribution in [2.45, 2.75) is 0 Å². The first-order chi connectivity index (χ1) is 12.2. The number of carboxylic acid groups (broad SMARTS) is 1. The Bertz CT molecular complexity index is 1040. The van der Waals surface area contributed by atoms with Crippen molar-refractivity contribution in [1.29, 1.82) is 0 Å². The monoisotopic (exact) mass is 330 g/mol. The van der Waals surface area contributed by atoms with Crippen molar-refractivity contribution in [3.05, 3.63) is 72.4 Å². The fourth-order valence-electron chi connectivity index (χ4n) is 2.71. The molecule has 0 saturated carbocycles. The summed E-state index contributed by atoms with van der Waals surface area (Å²) in [5.74, 6) is 0.399. The van der Waals surface area contributed by atoms with Gasteiger partial charge in [0, 0.05) is 23.2 Å². The van der Waals surface area contributed by atoms with E-state index >= 15 is 0 Å². The van der Waals surface area contributed by atoms with Crippen molar-refractivity contribution < 1.29 is 9.90 Å². The van der Waals surface area contributed by atoms with Gasteiger partial charge in [0.25, 0.3) is 0 Å². The third-order valence-corrected chi connectivity index (χ3v) is 3.90. The Balaban J connectivity index is 1.84. The SMILES string of the molecule is O=C(O)c1ccc(-c2nc(Nc3cc[nH]n3)cc3ccccc23)cc1. The van der Waals surface area contributed by atoms with Crippen LogP contribution in [-0.4, -0.2) is 26.3 Å². The van der Waals surface area contributed by atoms with Crippen molar-refractivity contribution in [3.63, 3.8) is 0 Å². The number of hydrogen-bond donors (Lipinski definition) is 3. The third kappa shape index (κ3) is 2.92. The number of aromatic nitrogens is 3. The summed E-state index contributed by atoms with van der Waals surface area (Å²) < 4.78 is 0. The summed E-state index contributed by atoms with van der Waals surface area (Å²) >= 11 is 0. The van der Waals surface area contributed by atoms with E-state index in [-0.39, 0.29) is 5.56 Å². The zero-order valence-electron chi connectivity index (χ0n) is 13.1. The quantitative estimate of drug-likeness (QED) is 0.525. The summed E-state index contributed by atoms with van der Waals surface area (Å²) in [4.78, 5) is 15.8. The Hall–Kier alpha value is -3.67. The number of aromatic amines is 1. The Morgan fingerprint density at radius 3 is 2.52 bits per heavy atom. The number of hydrogen-bond acceptors (Lipinski definition) is 4. The maximum absolute atomic E-state index is 11.1. The van der Waals surface area contributed by atoms with Gasteiger partial charge in [-0.05, 0) is 23.6 Å². The molecule has 0 aliphatic carbocycles. The van der Waals surface area contributed by atoms with Gasteiger partial charge in [0.05, 0.1) is 11.3 Å². The average molecular weight is 330 g/mol. The number of anilines is 2. The molecule has 0 amide bonds. The van der Waals surface area contributed by atoms with Crippen molar-refractivity contribution in [2.75, 3.05) is 5.32 Å². The van der Waals surface area contributed by atoms with E-state index in [4.69, 9.17) is 10.1 Å². The number of carbonyl (C=O) groups is 1. The predicted octanol–water partition coefficient (Wildman–Crippen LogP) is 4.07. The van der Waals surface area contributed by atoms with Gasteiger partial charge < -0.3 is 10.4 Å². The van der Waals surface area contributed by atoms with Crippen LogP contribution in [0, 0.1) is 0 Å². The second kappa shape index (κ2) is 6.09. The Morgan fingerprint density at radius 1 is 1.00 bits per heavy atom. The topological polar surface area (TPSA) is 90.9 Å². The maximum atomic E-state index is 11.1.